The van der Waals surface area contributed by atoms with Gasteiger partial charge in [0.25, 0.3) is 0 Å². The van der Waals surface area contributed by atoms with Gasteiger partial charge in [0.15, 0.2) is 0 Å². The highest BCUT2D eigenvalue weighted by molar-refractivity contribution is 6.30. The molecule has 28 heavy (non-hydrogen) atoms. The predicted octanol–water partition coefficient (Wildman–Crippen LogP) is 3.05. The summed E-state index contributed by atoms with van der Waals surface area (Å²) in [5.41, 5.74) is 0.243. The minimum absolute atomic E-state index is 0.109. The van der Waals surface area contributed by atoms with Crippen molar-refractivity contribution in [1.29, 1.82) is 0 Å². The third-order valence-corrected chi connectivity index (χ3v) is 5.39. The summed E-state index contributed by atoms with van der Waals surface area (Å²) in [5, 5.41) is 15.4. The van der Waals surface area contributed by atoms with Crippen LogP contribution in [-0.2, 0) is 9.59 Å². The number of aliphatic hydroxyl groups excluding tert-OH is 1. The normalized spacial score (nSPS) is 18.7. The maximum atomic E-state index is 13.8. The number of aliphatic hydroxyl groups is 1. The van der Waals surface area contributed by atoms with Gasteiger partial charge in [0.2, 0.25) is 11.8 Å². The topological polar surface area (TPSA) is 78.4 Å². The third kappa shape index (κ3) is 6.60. The van der Waals surface area contributed by atoms with Crippen LogP contribution >= 0.6 is 11.6 Å². The van der Waals surface area contributed by atoms with Crippen LogP contribution in [-0.4, -0.2) is 35.6 Å². The minimum atomic E-state index is -0.659. The zero-order valence-electron chi connectivity index (χ0n) is 15.7. The van der Waals surface area contributed by atoms with E-state index in [0.717, 1.165) is 32.1 Å². The molecule has 152 valence electrons. The number of carbonyl (C=O) groups is 2. The number of rotatable bonds is 10. The van der Waals surface area contributed by atoms with E-state index in [9.17, 15) is 19.1 Å². The first-order chi connectivity index (χ1) is 13.4. The molecule has 0 radical (unpaired) electrons. The van der Waals surface area contributed by atoms with Crippen LogP contribution in [0.5, 0.6) is 0 Å². The molecule has 2 aliphatic rings. The molecule has 1 aromatic carbocycles. The fraction of sp³-hybridized carbons (Fsp3) is 0.524. The summed E-state index contributed by atoms with van der Waals surface area (Å²) in [7, 11) is 0. The molecule has 0 aromatic heterocycles. The molecule has 3 N–H and O–H groups in total. The van der Waals surface area contributed by atoms with Crippen molar-refractivity contribution in [2.75, 3.05) is 6.61 Å². The van der Waals surface area contributed by atoms with Gasteiger partial charge in [0.1, 0.15) is 11.9 Å². The molecule has 0 bridgehead atoms. The van der Waals surface area contributed by atoms with E-state index in [4.69, 9.17) is 11.6 Å². The van der Waals surface area contributed by atoms with Crippen molar-refractivity contribution in [2.24, 2.45) is 11.8 Å². The van der Waals surface area contributed by atoms with E-state index in [2.05, 4.69) is 10.6 Å². The molecular formula is C21H26ClFN2O3. The Morgan fingerprint density at radius 1 is 1.18 bits per heavy atom. The van der Waals surface area contributed by atoms with Gasteiger partial charge in [0.05, 0.1) is 12.6 Å². The van der Waals surface area contributed by atoms with E-state index in [1.807, 2.05) is 0 Å². The average molecular weight is 409 g/mol. The van der Waals surface area contributed by atoms with Crippen LogP contribution in [0.1, 0.15) is 44.1 Å². The lowest BCUT2D eigenvalue weighted by Gasteiger charge is -2.22. The van der Waals surface area contributed by atoms with Gasteiger partial charge in [-0.15, -0.1) is 0 Å². The Hall–Kier alpha value is -1.92. The van der Waals surface area contributed by atoms with Crippen molar-refractivity contribution in [3.63, 3.8) is 0 Å². The molecule has 3 rings (SSSR count). The smallest absolute Gasteiger partial charge is 0.244 e. The van der Waals surface area contributed by atoms with Gasteiger partial charge in [-0.3, -0.25) is 9.59 Å². The quantitative estimate of drug-likeness (QED) is 0.521. The molecular weight excluding hydrogens is 383 g/mol. The molecule has 0 unspecified atom stereocenters. The molecule has 2 aliphatic carbocycles. The van der Waals surface area contributed by atoms with E-state index in [1.165, 1.54) is 24.3 Å². The number of hydrogen-bond acceptors (Lipinski definition) is 3. The van der Waals surface area contributed by atoms with Crippen molar-refractivity contribution in [3.05, 3.63) is 40.7 Å². The number of carbonyl (C=O) groups excluding carboxylic acids is 2. The van der Waals surface area contributed by atoms with Crippen LogP contribution in [0.25, 0.3) is 6.08 Å². The van der Waals surface area contributed by atoms with Gasteiger partial charge in [-0.2, -0.15) is 0 Å². The molecule has 0 heterocycles. The fourth-order valence-corrected chi connectivity index (χ4v) is 3.34. The molecule has 5 nitrogen and oxygen atoms in total. The van der Waals surface area contributed by atoms with Gasteiger partial charge < -0.3 is 15.7 Å². The highest BCUT2D eigenvalue weighted by Crippen LogP contribution is 2.34. The van der Waals surface area contributed by atoms with Crippen LogP contribution in [0.4, 0.5) is 4.39 Å². The fourth-order valence-electron chi connectivity index (χ4n) is 3.18. The van der Waals surface area contributed by atoms with Crippen LogP contribution in [0.3, 0.4) is 0 Å². The second-order valence-corrected chi connectivity index (χ2v) is 8.24. The summed E-state index contributed by atoms with van der Waals surface area (Å²) in [5.74, 6) is -0.241. The zero-order valence-corrected chi connectivity index (χ0v) is 16.4. The molecule has 2 amide bonds. The Balaban J connectivity index is 1.58. The van der Waals surface area contributed by atoms with Crippen molar-refractivity contribution in [3.8, 4) is 0 Å². The van der Waals surface area contributed by atoms with Crippen molar-refractivity contribution in [1.82, 2.24) is 10.6 Å². The van der Waals surface area contributed by atoms with E-state index in [0.29, 0.717) is 18.3 Å². The Morgan fingerprint density at radius 3 is 2.46 bits per heavy atom. The molecule has 2 fully saturated rings. The Morgan fingerprint density at radius 2 is 1.86 bits per heavy atom. The molecule has 7 heteroatoms. The van der Waals surface area contributed by atoms with Gasteiger partial charge >= 0.3 is 0 Å². The number of hydrogen-bond donors (Lipinski definition) is 3. The Kier molecular flexibility index (Phi) is 7.08. The summed E-state index contributed by atoms with van der Waals surface area (Å²) in [6, 6.07) is 3.27. The SMILES string of the molecule is O=C(/C=C/c1ccc(Cl)cc1F)N[C@@H](CC1CC1)C(=O)N[C@H](CO)CC1CC1. The molecule has 0 spiro atoms. The second-order valence-electron chi connectivity index (χ2n) is 7.81. The summed E-state index contributed by atoms with van der Waals surface area (Å²) in [6.07, 6.45) is 8.30. The van der Waals surface area contributed by atoms with Crippen molar-refractivity contribution >= 4 is 29.5 Å². The van der Waals surface area contributed by atoms with Crippen molar-refractivity contribution in [2.45, 2.75) is 50.6 Å². The van der Waals surface area contributed by atoms with E-state index < -0.39 is 17.8 Å². The first kappa shape index (κ1) is 20.8. The maximum absolute atomic E-state index is 13.8. The molecule has 1 aromatic rings. The van der Waals surface area contributed by atoms with E-state index >= 15 is 0 Å². The lowest BCUT2D eigenvalue weighted by Crippen LogP contribution is -2.50. The van der Waals surface area contributed by atoms with Gasteiger partial charge in [0, 0.05) is 16.7 Å². The largest absolute Gasteiger partial charge is 0.394 e. The molecule has 0 aliphatic heterocycles. The Labute approximate surface area is 169 Å². The third-order valence-electron chi connectivity index (χ3n) is 5.16. The minimum Gasteiger partial charge on any atom is -0.394 e. The monoisotopic (exact) mass is 408 g/mol. The van der Waals surface area contributed by atoms with Gasteiger partial charge in [-0.05, 0) is 42.9 Å². The van der Waals surface area contributed by atoms with Gasteiger partial charge in [-0.1, -0.05) is 43.4 Å². The van der Waals surface area contributed by atoms with E-state index in [1.54, 1.807) is 6.07 Å². The second kappa shape index (κ2) is 9.52. The lowest BCUT2D eigenvalue weighted by molar-refractivity contribution is -0.128. The van der Waals surface area contributed by atoms with Crippen molar-refractivity contribution < 1.29 is 19.1 Å². The summed E-state index contributed by atoms with van der Waals surface area (Å²) in [6.45, 7) is -0.109. The Bertz CT molecular complexity index is 747. The first-order valence-corrected chi connectivity index (χ1v) is 10.2. The number of benzene rings is 1. The number of nitrogens with one attached hydrogen (secondary N) is 2. The molecule has 2 saturated carbocycles. The lowest BCUT2D eigenvalue weighted by atomic mass is 10.1. The number of amides is 2. The summed E-state index contributed by atoms with van der Waals surface area (Å²) in [4.78, 5) is 24.9. The maximum Gasteiger partial charge on any atom is 0.244 e. The molecule has 2 atom stereocenters. The highest BCUT2D eigenvalue weighted by atomic mass is 35.5. The summed E-state index contributed by atoms with van der Waals surface area (Å²) >= 11 is 5.72. The van der Waals surface area contributed by atoms with Crippen LogP contribution < -0.4 is 10.6 Å². The van der Waals surface area contributed by atoms with Crippen LogP contribution in [0.15, 0.2) is 24.3 Å². The zero-order chi connectivity index (χ0) is 20.1. The standard InChI is InChI=1S/C21H26ClFN2O3/c22-16-7-5-15(18(23)11-16)6-8-20(27)25-19(10-14-3-4-14)21(28)24-17(12-26)9-13-1-2-13/h5-8,11,13-14,17,19,26H,1-4,9-10,12H2,(H,24,28)(H,25,27)/b8-6+/t17-,19-/m0/s1. The van der Waals surface area contributed by atoms with Gasteiger partial charge in [-0.25, -0.2) is 4.39 Å². The van der Waals surface area contributed by atoms with E-state index in [-0.39, 0.29) is 29.1 Å². The predicted molar refractivity (Wildman–Crippen MR) is 106 cm³/mol. The molecule has 0 saturated heterocycles. The van der Waals surface area contributed by atoms with Crippen LogP contribution in [0, 0.1) is 17.7 Å². The highest BCUT2D eigenvalue weighted by Gasteiger charge is 2.32. The van der Waals surface area contributed by atoms with Crippen LogP contribution in [0.2, 0.25) is 5.02 Å². The average Bonchev–Trinajstić information content (AvgIpc) is 3.56. The number of halogens is 2. The summed E-state index contributed by atoms with van der Waals surface area (Å²) < 4.78 is 13.8. The first-order valence-electron chi connectivity index (χ1n) is 9.79.